The average Bonchev–Trinajstić information content (AvgIpc) is 3.32. The molecule has 4 aromatic rings. The predicted octanol–water partition coefficient (Wildman–Crippen LogP) is 4.75. The van der Waals surface area contributed by atoms with E-state index in [1.807, 2.05) is 61.5 Å². The van der Waals surface area contributed by atoms with Crippen LogP contribution in [0, 0.1) is 20.8 Å². The van der Waals surface area contributed by atoms with Crippen LogP contribution in [0.5, 0.6) is 0 Å². The molecule has 4 rings (SSSR count). The van der Waals surface area contributed by atoms with Crippen LogP contribution in [0.1, 0.15) is 59.7 Å². The minimum absolute atomic E-state index is 0.138. The molecule has 1 aromatic carbocycles. The van der Waals surface area contributed by atoms with E-state index in [0.717, 1.165) is 45.8 Å². The number of pyridine rings is 1. The number of fused-ring (bicyclic) bond motifs is 1. The van der Waals surface area contributed by atoms with E-state index >= 15 is 0 Å². The second kappa shape index (κ2) is 8.57. The summed E-state index contributed by atoms with van der Waals surface area (Å²) in [7, 11) is 0. The lowest BCUT2D eigenvalue weighted by atomic mass is 10.0. The molecule has 0 aliphatic carbocycles. The van der Waals surface area contributed by atoms with Gasteiger partial charge in [-0.3, -0.25) is 9.48 Å². The van der Waals surface area contributed by atoms with Gasteiger partial charge in [-0.05, 0) is 47.6 Å². The molecule has 0 saturated heterocycles. The van der Waals surface area contributed by atoms with Gasteiger partial charge in [0, 0.05) is 29.9 Å². The molecule has 0 bridgehead atoms. The van der Waals surface area contributed by atoms with Gasteiger partial charge in [-0.2, -0.15) is 10.2 Å². The second-order valence-corrected chi connectivity index (χ2v) is 8.22. The Kier molecular flexibility index (Phi) is 5.82. The van der Waals surface area contributed by atoms with Gasteiger partial charge in [0.1, 0.15) is 0 Å². The van der Waals surface area contributed by atoms with Crippen LogP contribution in [0.2, 0.25) is 0 Å². The normalized spacial score (nSPS) is 12.3. The molecule has 7 heteroatoms. The van der Waals surface area contributed by atoms with E-state index in [9.17, 15) is 4.79 Å². The van der Waals surface area contributed by atoms with E-state index in [-0.39, 0.29) is 11.9 Å². The third-order valence-electron chi connectivity index (χ3n) is 6.02. The van der Waals surface area contributed by atoms with Crippen LogP contribution in [0.4, 0.5) is 0 Å². The largest absolute Gasteiger partial charge is 0.345 e. The van der Waals surface area contributed by atoms with Gasteiger partial charge in [-0.15, -0.1) is 0 Å². The van der Waals surface area contributed by atoms with E-state index in [0.29, 0.717) is 12.1 Å². The Morgan fingerprint density at radius 2 is 1.75 bits per heavy atom. The number of carbonyl (C=O) groups is 1. The smallest absolute Gasteiger partial charge is 0.252 e. The fourth-order valence-corrected chi connectivity index (χ4v) is 4.18. The monoisotopic (exact) mass is 430 g/mol. The summed E-state index contributed by atoms with van der Waals surface area (Å²) in [6.07, 6.45) is 1.84. The molecule has 7 nitrogen and oxygen atoms in total. The van der Waals surface area contributed by atoms with Gasteiger partial charge in [0.25, 0.3) is 5.91 Å². The Morgan fingerprint density at radius 1 is 1.06 bits per heavy atom. The van der Waals surface area contributed by atoms with E-state index < -0.39 is 0 Å². The molecule has 166 valence electrons. The lowest BCUT2D eigenvalue weighted by Crippen LogP contribution is -2.27. The Bertz CT molecular complexity index is 1280. The summed E-state index contributed by atoms with van der Waals surface area (Å²) in [5.74, 6) is -0.138. The van der Waals surface area contributed by atoms with Crippen molar-refractivity contribution in [2.75, 3.05) is 0 Å². The topological polar surface area (TPSA) is 77.6 Å². The van der Waals surface area contributed by atoms with E-state index in [1.165, 1.54) is 5.56 Å². The van der Waals surface area contributed by atoms with Gasteiger partial charge < -0.3 is 5.32 Å². The summed E-state index contributed by atoms with van der Waals surface area (Å²) >= 11 is 0. The zero-order valence-electron chi connectivity index (χ0n) is 19.6. The highest BCUT2D eigenvalue weighted by Crippen LogP contribution is 2.28. The molecule has 0 unspecified atom stereocenters. The van der Waals surface area contributed by atoms with Gasteiger partial charge in [0.15, 0.2) is 5.65 Å². The molecular formula is C25H30N6O. The number of nitrogens with one attached hydrogen (secondary N) is 1. The first-order valence-electron chi connectivity index (χ1n) is 11.1. The zero-order valence-corrected chi connectivity index (χ0v) is 19.6. The number of aromatic nitrogens is 5. The predicted molar refractivity (Wildman–Crippen MR) is 127 cm³/mol. The molecule has 1 atom stereocenters. The molecule has 0 saturated carbocycles. The quantitative estimate of drug-likeness (QED) is 0.479. The summed E-state index contributed by atoms with van der Waals surface area (Å²) < 4.78 is 3.80. The molecule has 1 N–H and O–H groups in total. The van der Waals surface area contributed by atoms with Crippen molar-refractivity contribution in [3.05, 3.63) is 64.6 Å². The van der Waals surface area contributed by atoms with Crippen molar-refractivity contribution in [1.29, 1.82) is 0 Å². The highest BCUT2D eigenvalue weighted by molar-refractivity contribution is 6.07. The summed E-state index contributed by atoms with van der Waals surface area (Å²) in [4.78, 5) is 18.4. The molecule has 1 amide bonds. The number of hydrogen-bond acceptors (Lipinski definition) is 4. The van der Waals surface area contributed by atoms with E-state index in [2.05, 4.69) is 41.5 Å². The van der Waals surface area contributed by atoms with Crippen LogP contribution in [-0.2, 0) is 13.1 Å². The summed E-state index contributed by atoms with van der Waals surface area (Å²) in [5, 5.41) is 13.0. The molecule has 0 radical (unpaired) electrons. The van der Waals surface area contributed by atoms with Crippen LogP contribution in [0.25, 0.3) is 22.3 Å². The molecule has 0 spiro atoms. The van der Waals surface area contributed by atoms with Crippen molar-refractivity contribution in [2.24, 2.45) is 0 Å². The number of aryl methyl sites for hydroxylation is 4. The first kappa shape index (κ1) is 21.7. The minimum Gasteiger partial charge on any atom is -0.345 e. The van der Waals surface area contributed by atoms with Gasteiger partial charge in [0.05, 0.1) is 34.6 Å². The van der Waals surface area contributed by atoms with Crippen molar-refractivity contribution in [2.45, 2.75) is 60.7 Å². The van der Waals surface area contributed by atoms with Crippen LogP contribution in [-0.4, -0.2) is 30.5 Å². The molecule has 3 heterocycles. The molecule has 0 aliphatic heterocycles. The van der Waals surface area contributed by atoms with Crippen LogP contribution < -0.4 is 5.32 Å². The first-order valence-corrected chi connectivity index (χ1v) is 11.1. The molecule has 0 fully saturated rings. The minimum atomic E-state index is -0.171. The standard InChI is InChI=1S/C25H30N6O/c1-7-30-18(6)21(14-26-30)16(4)27-25(32)20-13-22(19-11-9-15(3)10-12-19)28-24-23(20)17(5)29-31(24)8-2/h9-14,16H,7-8H2,1-6H3,(H,27,32)/t16-/m1/s1. The average molecular weight is 431 g/mol. The summed E-state index contributed by atoms with van der Waals surface area (Å²) in [6.45, 7) is 13.6. The van der Waals surface area contributed by atoms with Gasteiger partial charge in [0.2, 0.25) is 0 Å². The van der Waals surface area contributed by atoms with Crippen LogP contribution >= 0.6 is 0 Å². The molecule has 32 heavy (non-hydrogen) atoms. The van der Waals surface area contributed by atoms with Crippen molar-refractivity contribution in [1.82, 2.24) is 29.9 Å². The third-order valence-corrected chi connectivity index (χ3v) is 6.02. The maximum Gasteiger partial charge on any atom is 0.252 e. The van der Waals surface area contributed by atoms with Gasteiger partial charge in [-0.25, -0.2) is 9.67 Å². The van der Waals surface area contributed by atoms with Gasteiger partial charge in [-0.1, -0.05) is 29.8 Å². The van der Waals surface area contributed by atoms with Crippen LogP contribution in [0.3, 0.4) is 0 Å². The number of amides is 1. The van der Waals surface area contributed by atoms with Gasteiger partial charge >= 0.3 is 0 Å². The summed E-state index contributed by atoms with van der Waals surface area (Å²) in [6, 6.07) is 9.90. The Morgan fingerprint density at radius 3 is 2.38 bits per heavy atom. The fourth-order valence-electron chi connectivity index (χ4n) is 4.18. The Balaban J connectivity index is 1.79. The molecule has 3 aromatic heterocycles. The number of carbonyl (C=O) groups excluding carboxylic acids is 1. The number of rotatable bonds is 6. The molecule has 0 aliphatic rings. The van der Waals surface area contributed by atoms with E-state index in [4.69, 9.17) is 4.98 Å². The Labute approximate surface area is 188 Å². The highest BCUT2D eigenvalue weighted by Gasteiger charge is 2.22. The maximum absolute atomic E-state index is 13.5. The van der Waals surface area contributed by atoms with Crippen molar-refractivity contribution in [3.63, 3.8) is 0 Å². The highest BCUT2D eigenvalue weighted by atomic mass is 16.1. The van der Waals surface area contributed by atoms with Crippen molar-refractivity contribution in [3.8, 4) is 11.3 Å². The second-order valence-electron chi connectivity index (χ2n) is 8.22. The van der Waals surface area contributed by atoms with Crippen LogP contribution in [0.15, 0.2) is 36.5 Å². The van der Waals surface area contributed by atoms with Crippen molar-refractivity contribution >= 4 is 16.9 Å². The summed E-state index contributed by atoms with van der Waals surface area (Å²) in [5.41, 5.74) is 7.13. The third kappa shape index (κ3) is 3.79. The maximum atomic E-state index is 13.5. The van der Waals surface area contributed by atoms with Crippen molar-refractivity contribution < 1.29 is 4.79 Å². The molecular weight excluding hydrogens is 400 g/mol. The lowest BCUT2D eigenvalue weighted by Gasteiger charge is -2.15. The fraction of sp³-hybridized carbons (Fsp3) is 0.360. The SMILES string of the molecule is CCn1ncc([C@@H](C)NC(=O)c2cc(-c3ccc(C)cc3)nc3c2c(C)nn3CC)c1C. The number of hydrogen-bond donors (Lipinski definition) is 1. The first-order chi connectivity index (χ1) is 15.3. The Hall–Kier alpha value is -3.48. The number of nitrogens with zero attached hydrogens (tertiary/aromatic N) is 5. The van der Waals surface area contributed by atoms with E-state index in [1.54, 1.807) is 0 Å². The number of benzene rings is 1. The zero-order chi connectivity index (χ0) is 23.0. The lowest BCUT2D eigenvalue weighted by molar-refractivity contribution is 0.0941.